The molecule has 6 aliphatic heterocycles. The van der Waals surface area contributed by atoms with Gasteiger partial charge >= 0.3 is 0 Å². The molecule has 0 aliphatic carbocycles. The lowest BCUT2D eigenvalue weighted by Crippen LogP contribution is -2.38. The third-order valence-electron chi connectivity index (χ3n) is 28.9. The molecule has 0 saturated heterocycles. The predicted octanol–water partition coefficient (Wildman–Crippen LogP) is 29.2. The zero-order chi connectivity index (χ0) is 93.0. The summed E-state index contributed by atoms with van der Waals surface area (Å²) in [7, 11) is 0. The molecule has 6 nitrogen and oxygen atoms in total. The van der Waals surface area contributed by atoms with Crippen molar-refractivity contribution in [3.8, 4) is 67.5 Å². The number of fused-ring (bicyclic) bond motifs is 30. The number of aryl methyl sites for hydroxylation is 12. The Morgan fingerprint density at radius 2 is 0.664 bits per heavy atom. The van der Waals surface area contributed by atoms with Crippen molar-refractivity contribution in [2.24, 2.45) is 23.7 Å². The first-order chi connectivity index (χ1) is 63.9. The summed E-state index contributed by atoms with van der Waals surface area (Å²) in [6, 6.07) is 93.2. The van der Waals surface area contributed by atoms with Crippen LogP contribution >= 0.6 is 0 Å². The van der Waals surface area contributed by atoms with E-state index < -0.39 is 0 Å². The quantitative estimate of drug-likeness (QED) is 0.129. The number of nitrogens with zero attached hydrogens (tertiary/aromatic N) is 6. The van der Waals surface area contributed by atoms with Gasteiger partial charge in [-0.2, -0.15) is 27.4 Å². The lowest BCUT2D eigenvalue weighted by atomic mass is 9.90. The Labute approximate surface area is 798 Å². The van der Waals surface area contributed by atoms with Gasteiger partial charge in [-0.25, -0.2) is 0 Å². The Hall–Kier alpha value is -12.9. The molecule has 18 aromatic rings. The second-order valence-electron chi connectivity index (χ2n) is 41.9. The van der Waals surface area contributed by atoms with Gasteiger partial charge in [0.1, 0.15) is 0 Å². The number of benzene rings is 12. The van der Waals surface area contributed by atoms with Gasteiger partial charge in [-0.15, -0.1) is 0 Å². The SMILES string of the molecule is C.CC(C)Cc1cc(CC(C)C)c2c(c1)-c1ccc3ccccc3[n+]1C2.Cc1cc(C)c2c(c1)-c1c(C)cc3ccccc3[n+]1C2.Cc1cc(C)c2c(c1)-c1c3cc(C(C)C)ccc3cc[n+]1C2.Cc1cc(C)c2c(c1)-c1c3cc(CC(C)C)ccc3cc[n+]1C2.Cc1cc(C)c2c(c1)-c1c3ccccc3cc(C)[n+]1C2.Cc1cc(C)c2c(c1)-c1c3ccccc3cc(CC(C)C)[n+]1C2. The first kappa shape index (κ1) is 91.6. The number of pyridine rings is 6. The van der Waals surface area contributed by atoms with E-state index in [1.165, 1.54) is 262 Å². The zero-order valence-corrected chi connectivity index (χ0v) is 83.0. The standard InChI is InChI=1S/C24H28N.2C22H24N.C21H22N.2C19H18N.CH4/c1-16(2)11-18-13-20(12-17(3)4)22-15-25-23-8-6-5-7-19(23)9-10-24(25)21(22)14-18;1-14(2)9-17-5-6-18-7-8-23-13-21-16(4)10-15(3)11-20(21)22(23)19(18)12-17;1-14(2)9-18-12-17-7-5-6-8-19(17)22-20-11-15(3)10-16(4)21(20)13-23(18)22;1-13(2)17-6-5-16-7-8-22-12-20-15(4)9-14(3)10-19(20)21(22)18(16)11-17;1-12-8-13(2)17-11-20-18-7-5-4-6-15(18)10-14(3)19(20)16(17)9-12;1-12-8-13(2)18-11-20-14(3)10-15-6-4-5-7-16(15)19(20)17(18)9-12;/h5-10,13-14,16-17H,11-12,15H2,1-4H3;2*5-8,10-12,14H,9,13H2,1-4H3;5-11,13H,12H2,1-4H3;2*4-10H,11H2,1-3H3;1H4/q6*+1;. The fourth-order valence-corrected chi connectivity index (χ4v) is 23.1. The van der Waals surface area contributed by atoms with Crippen LogP contribution in [0.2, 0.25) is 0 Å². The van der Waals surface area contributed by atoms with Gasteiger partial charge in [-0.05, 0) is 309 Å². The molecule has 0 fully saturated rings. The molecule has 12 heterocycles. The number of aromatic nitrogens is 6. The molecule has 0 radical (unpaired) electrons. The monoisotopic (exact) mass is 1760 g/mol. The maximum atomic E-state index is 2.55. The van der Waals surface area contributed by atoms with E-state index in [0.717, 1.165) is 58.5 Å². The fraction of sp³-hybridized carbons (Fsp3) is 0.297. The van der Waals surface area contributed by atoms with E-state index >= 15 is 0 Å². The summed E-state index contributed by atoms with van der Waals surface area (Å²) >= 11 is 0. The molecule has 6 aromatic heterocycles. The summed E-state index contributed by atoms with van der Waals surface area (Å²) in [4.78, 5) is 0. The molecule has 0 amide bonds. The van der Waals surface area contributed by atoms with Crippen LogP contribution in [0.25, 0.3) is 132 Å². The second-order valence-corrected chi connectivity index (χ2v) is 41.9. The van der Waals surface area contributed by atoms with Crippen LogP contribution in [-0.2, 0) is 65.0 Å². The van der Waals surface area contributed by atoms with Crippen LogP contribution in [0.3, 0.4) is 0 Å². The molecule has 0 saturated carbocycles. The van der Waals surface area contributed by atoms with Crippen LogP contribution in [0, 0.1) is 107 Å². The Kier molecular flexibility index (Phi) is 25.4. The summed E-state index contributed by atoms with van der Waals surface area (Å²) in [5.41, 5.74) is 52.5. The topological polar surface area (TPSA) is 23.3 Å². The number of para-hydroxylation sites is 2. The summed E-state index contributed by atoms with van der Waals surface area (Å²) in [5.74, 6) is 3.29. The molecular weight excluding hydrogens is 1620 g/mol. The third kappa shape index (κ3) is 17.5. The molecule has 24 rings (SSSR count). The first-order valence-corrected chi connectivity index (χ1v) is 49.2. The lowest BCUT2D eigenvalue weighted by Gasteiger charge is -2.13. The molecule has 0 unspecified atom stereocenters. The van der Waals surface area contributed by atoms with Crippen LogP contribution in [-0.4, -0.2) is 0 Å². The summed E-state index contributed by atoms with van der Waals surface area (Å²) in [5, 5.41) is 13.6. The van der Waals surface area contributed by atoms with E-state index in [1.54, 1.807) is 5.56 Å². The van der Waals surface area contributed by atoms with Crippen molar-refractivity contribution < 1.29 is 27.4 Å². The fourth-order valence-electron chi connectivity index (χ4n) is 23.1. The maximum absolute atomic E-state index is 2.55. The average Bonchev–Trinajstić information content (AvgIpc) is 1.61. The number of hydrogen-bond donors (Lipinski definition) is 0. The molecule has 0 spiro atoms. The van der Waals surface area contributed by atoms with Gasteiger partial charge in [0.05, 0.1) is 54.9 Å². The van der Waals surface area contributed by atoms with Crippen LogP contribution < -0.4 is 27.4 Å². The minimum Gasteiger partial charge on any atom is -0.193 e. The van der Waals surface area contributed by atoms with E-state index in [0.29, 0.717) is 29.6 Å². The van der Waals surface area contributed by atoms with Gasteiger partial charge < -0.3 is 0 Å². The Morgan fingerprint density at radius 3 is 1.19 bits per heavy atom. The van der Waals surface area contributed by atoms with Gasteiger partial charge in [0.15, 0.2) is 63.1 Å². The highest BCUT2D eigenvalue weighted by Gasteiger charge is 2.39. The van der Waals surface area contributed by atoms with Crippen molar-refractivity contribution in [1.29, 1.82) is 0 Å². The van der Waals surface area contributed by atoms with Gasteiger partial charge in [-0.3, -0.25) is 0 Å². The molecule has 6 heteroatoms. The first-order valence-electron chi connectivity index (χ1n) is 49.2. The minimum absolute atomic E-state index is 0. The van der Waals surface area contributed by atoms with Crippen molar-refractivity contribution in [2.75, 3.05) is 0 Å². The van der Waals surface area contributed by atoms with Gasteiger partial charge in [0, 0.05) is 106 Å². The van der Waals surface area contributed by atoms with Crippen molar-refractivity contribution in [1.82, 2.24) is 0 Å². The van der Waals surface area contributed by atoms with Crippen LogP contribution in [0.1, 0.15) is 211 Å². The normalized spacial score (nSPS) is 12.6. The van der Waals surface area contributed by atoms with Crippen molar-refractivity contribution >= 4 is 64.9 Å². The second kappa shape index (κ2) is 37.2. The third-order valence-corrected chi connectivity index (χ3v) is 28.9. The smallest absolute Gasteiger partial charge is 0.193 e. The molecule has 134 heavy (non-hydrogen) atoms. The van der Waals surface area contributed by atoms with Crippen molar-refractivity contribution in [3.05, 3.63) is 389 Å². The van der Waals surface area contributed by atoms with Gasteiger partial charge in [-0.1, -0.05) is 198 Å². The van der Waals surface area contributed by atoms with E-state index in [-0.39, 0.29) is 7.43 Å². The summed E-state index contributed by atoms with van der Waals surface area (Å²) in [6.45, 7) is 55.6. The van der Waals surface area contributed by atoms with Crippen LogP contribution in [0.5, 0.6) is 0 Å². The lowest BCUT2D eigenvalue weighted by molar-refractivity contribution is -0.678. The van der Waals surface area contributed by atoms with E-state index in [9.17, 15) is 0 Å². The van der Waals surface area contributed by atoms with E-state index in [4.69, 9.17) is 0 Å². The highest BCUT2D eigenvalue weighted by Crippen LogP contribution is 2.44. The van der Waals surface area contributed by atoms with Crippen LogP contribution in [0.4, 0.5) is 0 Å². The molecule has 0 bridgehead atoms. The largest absolute Gasteiger partial charge is 0.221 e. The Morgan fingerprint density at radius 1 is 0.254 bits per heavy atom. The molecule has 6 aliphatic rings. The van der Waals surface area contributed by atoms with Gasteiger partial charge in [0.25, 0.3) is 0 Å². The van der Waals surface area contributed by atoms with E-state index in [1.807, 2.05) is 0 Å². The summed E-state index contributed by atoms with van der Waals surface area (Å²) < 4.78 is 14.8. The minimum atomic E-state index is 0. The predicted molar refractivity (Wildman–Crippen MR) is 564 cm³/mol. The van der Waals surface area contributed by atoms with Crippen molar-refractivity contribution in [2.45, 2.75) is 231 Å². The maximum Gasteiger partial charge on any atom is 0.221 e. The Balaban J connectivity index is 0.000000107. The van der Waals surface area contributed by atoms with Crippen LogP contribution in [0.15, 0.2) is 261 Å². The van der Waals surface area contributed by atoms with Crippen molar-refractivity contribution in [3.63, 3.8) is 0 Å². The molecule has 12 aromatic carbocycles. The highest BCUT2D eigenvalue weighted by molar-refractivity contribution is 5.99. The Bertz CT molecular complexity index is 7750. The highest BCUT2D eigenvalue weighted by atomic mass is 15.0. The zero-order valence-electron chi connectivity index (χ0n) is 83.0. The molecule has 0 N–H and O–H groups in total. The number of hydrogen-bond acceptors (Lipinski definition) is 0. The molecule has 674 valence electrons. The number of rotatable bonds is 9. The molecule has 0 atom stereocenters. The molecular formula is C128H138N6+6. The average molecular weight is 1760 g/mol. The summed E-state index contributed by atoms with van der Waals surface area (Å²) in [6.07, 6.45) is 9.08. The van der Waals surface area contributed by atoms with E-state index in [2.05, 4.69) is 441 Å². The van der Waals surface area contributed by atoms with Gasteiger partial charge in [0.2, 0.25) is 45.2 Å².